The Morgan fingerprint density at radius 2 is 2.15 bits per heavy atom. The molecule has 1 saturated carbocycles. The van der Waals surface area contributed by atoms with E-state index < -0.39 is 0 Å². The second kappa shape index (κ2) is 6.80. The van der Waals surface area contributed by atoms with Crippen LogP contribution < -0.4 is 10.8 Å². The van der Waals surface area contributed by atoms with Crippen LogP contribution in [-0.4, -0.2) is 39.6 Å². The number of pyridine rings is 1. The summed E-state index contributed by atoms with van der Waals surface area (Å²) in [6.45, 7) is 4.65. The summed E-state index contributed by atoms with van der Waals surface area (Å²) in [5, 5.41) is 9.43. The number of aromatic nitrogens is 3. The number of hydrogen-bond acceptors (Lipinski definition) is 6. The molecule has 27 heavy (non-hydrogen) atoms. The first-order valence-electron chi connectivity index (χ1n) is 10.1. The van der Waals surface area contributed by atoms with Crippen LogP contribution in [0.15, 0.2) is 18.5 Å². The van der Waals surface area contributed by atoms with Gasteiger partial charge in [-0.2, -0.15) is 5.10 Å². The van der Waals surface area contributed by atoms with Gasteiger partial charge < -0.3 is 10.1 Å². The number of nitrogens with one attached hydrogen (secondary N) is 2. The molecule has 2 aromatic heterocycles. The lowest BCUT2D eigenvalue weighted by Crippen LogP contribution is -2.36. The van der Waals surface area contributed by atoms with Crippen LogP contribution in [0.5, 0.6) is 0 Å². The van der Waals surface area contributed by atoms with Gasteiger partial charge >= 0.3 is 0 Å². The molecule has 4 heterocycles. The molecule has 7 heteroatoms. The number of nitrogens with zero attached hydrogens (tertiary/aromatic N) is 3. The topological polar surface area (TPSA) is 73.2 Å². The van der Waals surface area contributed by atoms with Crippen LogP contribution in [-0.2, 0) is 16.1 Å². The van der Waals surface area contributed by atoms with Crippen LogP contribution in [0.1, 0.15) is 51.0 Å². The highest BCUT2D eigenvalue weighted by Gasteiger charge is 2.41. The Labute approximate surface area is 159 Å². The van der Waals surface area contributed by atoms with Crippen LogP contribution >= 0.6 is 0 Å². The van der Waals surface area contributed by atoms with Crippen molar-refractivity contribution in [2.45, 2.75) is 63.6 Å². The fourth-order valence-corrected chi connectivity index (χ4v) is 4.19. The summed E-state index contributed by atoms with van der Waals surface area (Å²) < 4.78 is 7.52. The molecule has 1 saturated heterocycles. The van der Waals surface area contributed by atoms with Gasteiger partial charge in [0.05, 0.1) is 23.0 Å². The highest BCUT2D eigenvalue weighted by atomic mass is 16.7. The fourth-order valence-electron chi connectivity index (χ4n) is 4.19. The number of fused-ring (bicyclic) bond motifs is 1. The molecule has 0 bridgehead atoms. The van der Waals surface area contributed by atoms with Crippen molar-refractivity contribution < 1.29 is 9.57 Å². The van der Waals surface area contributed by atoms with E-state index in [1.807, 2.05) is 17.1 Å². The molecule has 5 rings (SSSR count). The van der Waals surface area contributed by atoms with Crippen molar-refractivity contribution in [2.75, 3.05) is 18.5 Å². The second-order valence-corrected chi connectivity index (χ2v) is 7.86. The summed E-state index contributed by atoms with van der Waals surface area (Å²) >= 11 is 0. The summed E-state index contributed by atoms with van der Waals surface area (Å²) in [5.74, 6) is 0. The molecule has 0 aromatic carbocycles. The minimum absolute atomic E-state index is 0.118. The molecule has 0 radical (unpaired) electrons. The molecular formula is C20H27N5O2. The van der Waals surface area contributed by atoms with Gasteiger partial charge in [-0.3, -0.25) is 10.3 Å². The summed E-state index contributed by atoms with van der Waals surface area (Å²) in [4.78, 5) is 10.7. The molecule has 0 atom stereocenters. The molecule has 2 aliphatic heterocycles. The van der Waals surface area contributed by atoms with E-state index in [-0.39, 0.29) is 5.60 Å². The van der Waals surface area contributed by atoms with Crippen LogP contribution in [0.4, 0.5) is 5.69 Å². The van der Waals surface area contributed by atoms with E-state index in [1.54, 1.807) is 0 Å². The summed E-state index contributed by atoms with van der Waals surface area (Å²) in [5.41, 5.74) is 7.17. The van der Waals surface area contributed by atoms with Crippen LogP contribution in [0.25, 0.3) is 16.7 Å². The largest absolute Gasteiger partial charge is 0.381 e. The highest BCUT2D eigenvalue weighted by Crippen LogP contribution is 2.43. The maximum Gasteiger partial charge on any atom is 0.159 e. The molecule has 1 aliphatic carbocycles. The van der Waals surface area contributed by atoms with Crippen molar-refractivity contribution in [3.8, 4) is 0 Å². The van der Waals surface area contributed by atoms with Crippen LogP contribution in [0.2, 0.25) is 0 Å². The molecular weight excluding hydrogens is 342 g/mol. The molecule has 2 N–H and O–H groups in total. The van der Waals surface area contributed by atoms with E-state index in [4.69, 9.17) is 14.6 Å². The predicted molar refractivity (Wildman–Crippen MR) is 104 cm³/mol. The quantitative estimate of drug-likeness (QED) is 0.843. The third-order valence-corrected chi connectivity index (χ3v) is 5.93. The lowest BCUT2D eigenvalue weighted by molar-refractivity contribution is -0.0821. The molecule has 0 amide bonds. The van der Waals surface area contributed by atoms with Gasteiger partial charge in [0.2, 0.25) is 0 Å². The minimum Gasteiger partial charge on any atom is -0.381 e. The fraction of sp³-hybridized carbons (Fsp3) is 0.600. The Hall–Kier alpha value is -2.12. The third-order valence-electron chi connectivity index (χ3n) is 5.93. The number of rotatable bonds is 5. The minimum atomic E-state index is -0.118. The van der Waals surface area contributed by atoms with Gasteiger partial charge in [0.1, 0.15) is 5.60 Å². The first-order valence-corrected chi connectivity index (χ1v) is 10.1. The van der Waals surface area contributed by atoms with Gasteiger partial charge in [-0.25, -0.2) is 9.67 Å². The standard InChI is InChI=1S/C20H27N5O2/c1-2-8-25-19-16(13-22-25)18(23-14-4-9-26-10-5-14)15(12-21-19)17-11-20(27-24-17)6-3-7-20/h11-14,24H,2-10H2,1H3,(H,21,23). The smallest absolute Gasteiger partial charge is 0.159 e. The predicted octanol–water partition coefficient (Wildman–Crippen LogP) is 3.23. The number of ether oxygens (including phenoxy) is 1. The van der Waals surface area contributed by atoms with Crippen LogP contribution in [0.3, 0.4) is 0 Å². The first kappa shape index (κ1) is 17.0. The van der Waals surface area contributed by atoms with E-state index in [0.717, 1.165) is 79.8 Å². The average Bonchev–Trinajstić information content (AvgIpc) is 3.28. The summed E-state index contributed by atoms with van der Waals surface area (Å²) in [7, 11) is 0. The molecule has 7 nitrogen and oxygen atoms in total. The maximum absolute atomic E-state index is 5.91. The van der Waals surface area contributed by atoms with E-state index in [0.29, 0.717) is 6.04 Å². The van der Waals surface area contributed by atoms with Gasteiger partial charge in [0.25, 0.3) is 0 Å². The van der Waals surface area contributed by atoms with Crippen molar-refractivity contribution in [3.05, 3.63) is 24.0 Å². The summed E-state index contributed by atoms with van der Waals surface area (Å²) in [6, 6.07) is 0.401. The van der Waals surface area contributed by atoms with E-state index in [9.17, 15) is 0 Å². The normalized spacial score (nSPS) is 21.9. The van der Waals surface area contributed by atoms with E-state index in [1.165, 1.54) is 6.42 Å². The highest BCUT2D eigenvalue weighted by molar-refractivity contribution is 5.95. The van der Waals surface area contributed by atoms with Gasteiger partial charge in [-0.15, -0.1) is 0 Å². The van der Waals surface area contributed by atoms with Crippen molar-refractivity contribution in [2.24, 2.45) is 0 Å². The third kappa shape index (κ3) is 2.99. The van der Waals surface area contributed by atoms with Crippen LogP contribution in [0, 0.1) is 0 Å². The monoisotopic (exact) mass is 369 g/mol. The number of hydroxylamine groups is 1. The lowest BCUT2D eigenvalue weighted by atomic mass is 9.80. The lowest BCUT2D eigenvalue weighted by Gasteiger charge is -2.33. The van der Waals surface area contributed by atoms with Crippen molar-refractivity contribution in [1.82, 2.24) is 20.2 Å². The average molecular weight is 369 g/mol. The molecule has 2 aromatic rings. The molecule has 0 unspecified atom stereocenters. The van der Waals surface area contributed by atoms with Crippen molar-refractivity contribution in [1.29, 1.82) is 0 Å². The molecule has 1 spiro atoms. The zero-order chi connectivity index (χ0) is 18.3. The molecule has 144 valence electrons. The van der Waals surface area contributed by atoms with Gasteiger partial charge in [0.15, 0.2) is 5.65 Å². The van der Waals surface area contributed by atoms with E-state index >= 15 is 0 Å². The number of hydrogen-bond donors (Lipinski definition) is 2. The Balaban J connectivity index is 1.56. The van der Waals surface area contributed by atoms with Crippen molar-refractivity contribution >= 4 is 22.4 Å². The Morgan fingerprint density at radius 1 is 1.30 bits per heavy atom. The van der Waals surface area contributed by atoms with Crippen molar-refractivity contribution in [3.63, 3.8) is 0 Å². The SMILES string of the molecule is CCCn1ncc2c(NC3CCOCC3)c(C3=CC4(CCC4)ON3)cnc21. The van der Waals surface area contributed by atoms with Gasteiger partial charge in [0, 0.05) is 37.6 Å². The van der Waals surface area contributed by atoms with Gasteiger partial charge in [-0.1, -0.05) is 6.92 Å². The molecule has 3 aliphatic rings. The second-order valence-electron chi connectivity index (χ2n) is 7.86. The van der Waals surface area contributed by atoms with Gasteiger partial charge in [-0.05, 0) is 44.6 Å². The Kier molecular flexibility index (Phi) is 4.28. The van der Waals surface area contributed by atoms with E-state index in [2.05, 4.69) is 28.9 Å². The zero-order valence-electron chi connectivity index (χ0n) is 15.8. The zero-order valence-corrected chi connectivity index (χ0v) is 15.8. The number of anilines is 1. The first-order chi connectivity index (χ1) is 13.3. The molecule has 2 fully saturated rings. The number of aryl methyl sites for hydroxylation is 1. The summed E-state index contributed by atoms with van der Waals surface area (Å²) in [6.07, 6.45) is 12.6. The maximum atomic E-state index is 5.91. The Morgan fingerprint density at radius 3 is 2.85 bits per heavy atom. The Bertz CT molecular complexity index is 865.